The summed E-state index contributed by atoms with van der Waals surface area (Å²) < 4.78 is 1.63. The highest BCUT2D eigenvalue weighted by Gasteiger charge is 2.16. The molecule has 1 aromatic carbocycles. The van der Waals surface area contributed by atoms with Gasteiger partial charge in [-0.25, -0.2) is 4.68 Å². The summed E-state index contributed by atoms with van der Waals surface area (Å²) >= 11 is 0. The quantitative estimate of drug-likeness (QED) is 0.316. The van der Waals surface area contributed by atoms with Gasteiger partial charge in [0.2, 0.25) is 0 Å². The lowest BCUT2D eigenvalue weighted by molar-refractivity contribution is 0.627. The fourth-order valence-electron chi connectivity index (χ4n) is 3.13. The first-order valence-corrected chi connectivity index (χ1v) is 9.18. The maximum atomic E-state index is 9.47. The third-order valence-corrected chi connectivity index (χ3v) is 4.56. The van der Waals surface area contributed by atoms with Crippen LogP contribution < -0.4 is 16.4 Å². The van der Waals surface area contributed by atoms with Crippen molar-refractivity contribution in [2.45, 2.75) is 31.7 Å². The van der Waals surface area contributed by atoms with E-state index in [9.17, 15) is 5.26 Å². The van der Waals surface area contributed by atoms with Crippen LogP contribution >= 0.6 is 0 Å². The number of hydrogen-bond donors (Lipinski definition) is 3. The Morgan fingerprint density at radius 1 is 1.33 bits per heavy atom. The molecule has 2 aromatic rings. The molecule has 7 heteroatoms. The summed E-state index contributed by atoms with van der Waals surface area (Å²) in [5.41, 5.74) is 8.17. The van der Waals surface area contributed by atoms with Crippen LogP contribution in [0.25, 0.3) is 5.69 Å². The second-order valence-electron chi connectivity index (χ2n) is 6.45. The molecule has 4 N–H and O–H groups in total. The van der Waals surface area contributed by atoms with Crippen LogP contribution in [0.3, 0.4) is 0 Å². The molecule has 0 aliphatic heterocycles. The van der Waals surface area contributed by atoms with E-state index in [2.05, 4.69) is 38.9 Å². The number of nitrogens with zero attached hydrogens (tertiary/aromatic N) is 4. The van der Waals surface area contributed by atoms with E-state index in [-0.39, 0.29) is 0 Å². The van der Waals surface area contributed by atoms with Crippen molar-refractivity contribution in [3.63, 3.8) is 0 Å². The zero-order chi connectivity index (χ0) is 19.1. The minimum atomic E-state index is 0.387. The van der Waals surface area contributed by atoms with E-state index in [1.54, 1.807) is 11.7 Å². The molecule has 0 saturated heterocycles. The molecule has 1 aliphatic carbocycles. The van der Waals surface area contributed by atoms with Crippen LogP contribution in [0.2, 0.25) is 0 Å². The highest BCUT2D eigenvalue weighted by atomic mass is 15.3. The third-order valence-electron chi connectivity index (χ3n) is 4.56. The predicted molar refractivity (Wildman–Crippen MR) is 108 cm³/mol. The zero-order valence-electron chi connectivity index (χ0n) is 15.5. The number of hydrogen-bond acceptors (Lipinski definition) is 4. The topological polar surface area (TPSA) is 104 Å². The number of nitrogen functional groups attached to an aromatic ring is 1. The predicted octanol–water partition coefficient (Wildman–Crippen LogP) is 2.14. The molecule has 0 bridgehead atoms. The number of benzene rings is 1. The van der Waals surface area contributed by atoms with E-state index < -0.39 is 0 Å². The Morgan fingerprint density at radius 2 is 2.07 bits per heavy atom. The van der Waals surface area contributed by atoms with E-state index in [0.29, 0.717) is 23.8 Å². The van der Waals surface area contributed by atoms with Crippen LogP contribution in [0.1, 0.15) is 30.5 Å². The number of aliphatic imine (C=N–C) groups is 1. The van der Waals surface area contributed by atoms with Crippen LogP contribution in [0.15, 0.2) is 47.5 Å². The normalized spacial score (nSPS) is 14.3. The van der Waals surface area contributed by atoms with E-state index >= 15 is 0 Å². The SMILES string of the molecule is CN=C(NCCCc1nn(-c2ccccc2)c(N)c1C#N)NC1CC=CC1. The summed E-state index contributed by atoms with van der Waals surface area (Å²) in [7, 11) is 1.77. The lowest BCUT2D eigenvalue weighted by Crippen LogP contribution is -2.42. The molecular formula is C20H25N7. The second-order valence-corrected chi connectivity index (χ2v) is 6.45. The number of anilines is 1. The Balaban J connectivity index is 1.57. The van der Waals surface area contributed by atoms with Crippen molar-refractivity contribution in [1.29, 1.82) is 5.26 Å². The summed E-state index contributed by atoms with van der Waals surface area (Å²) in [4.78, 5) is 4.26. The third kappa shape index (κ3) is 4.47. The highest BCUT2D eigenvalue weighted by Crippen LogP contribution is 2.21. The number of guanidine groups is 1. The van der Waals surface area contributed by atoms with Gasteiger partial charge in [0.05, 0.1) is 11.4 Å². The van der Waals surface area contributed by atoms with Crippen molar-refractivity contribution in [3.8, 4) is 11.8 Å². The van der Waals surface area contributed by atoms with Gasteiger partial charge in [-0.3, -0.25) is 4.99 Å². The number of rotatable bonds is 6. The molecule has 0 atom stereocenters. The molecule has 1 aliphatic rings. The smallest absolute Gasteiger partial charge is 0.191 e. The molecule has 1 heterocycles. The molecule has 0 unspecified atom stereocenters. The first-order valence-electron chi connectivity index (χ1n) is 9.18. The largest absolute Gasteiger partial charge is 0.382 e. The standard InChI is InChI=1S/C20H25N7/c1-23-20(25-15-8-5-6-9-15)24-13-7-12-18-17(14-21)19(22)27(26-18)16-10-3-2-4-11-16/h2-6,10-11,15H,7-9,12-13,22H2,1H3,(H2,23,24,25). The molecule has 0 spiro atoms. The van der Waals surface area contributed by atoms with E-state index in [1.165, 1.54) is 0 Å². The van der Waals surface area contributed by atoms with Gasteiger partial charge in [-0.2, -0.15) is 10.4 Å². The fraction of sp³-hybridized carbons (Fsp3) is 0.350. The first kappa shape index (κ1) is 18.5. The second kappa shape index (κ2) is 8.90. The molecule has 0 radical (unpaired) electrons. The Morgan fingerprint density at radius 3 is 2.74 bits per heavy atom. The number of aryl methyl sites for hydroxylation is 1. The van der Waals surface area contributed by atoms with Crippen LogP contribution in [-0.4, -0.2) is 35.4 Å². The lowest BCUT2D eigenvalue weighted by Gasteiger charge is -2.16. The van der Waals surface area contributed by atoms with Gasteiger partial charge in [0.1, 0.15) is 17.5 Å². The van der Waals surface area contributed by atoms with Gasteiger partial charge in [0.15, 0.2) is 5.96 Å². The Labute approximate surface area is 159 Å². The van der Waals surface area contributed by atoms with Crippen LogP contribution in [0, 0.1) is 11.3 Å². The maximum Gasteiger partial charge on any atom is 0.191 e. The van der Waals surface area contributed by atoms with Crippen LogP contribution in [-0.2, 0) is 6.42 Å². The van der Waals surface area contributed by atoms with Crippen molar-refractivity contribution in [1.82, 2.24) is 20.4 Å². The number of nitrogens with one attached hydrogen (secondary N) is 2. The lowest BCUT2D eigenvalue weighted by atomic mass is 10.1. The van der Waals surface area contributed by atoms with Crippen molar-refractivity contribution in [3.05, 3.63) is 53.7 Å². The van der Waals surface area contributed by atoms with Gasteiger partial charge in [-0.1, -0.05) is 30.4 Å². The Hall–Kier alpha value is -3.27. The van der Waals surface area contributed by atoms with Crippen LogP contribution in [0.4, 0.5) is 5.82 Å². The summed E-state index contributed by atoms with van der Waals surface area (Å²) in [5, 5.41) is 20.8. The average Bonchev–Trinajstić information content (AvgIpc) is 3.32. The number of aromatic nitrogens is 2. The molecule has 3 rings (SSSR count). The van der Waals surface area contributed by atoms with Gasteiger partial charge >= 0.3 is 0 Å². The Kier molecular flexibility index (Phi) is 6.10. The minimum absolute atomic E-state index is 0.387. The molecule has 7 nitrogen and oxygen atoms in total. The number of para-hydroxylation sites is 1. The molecular weight excluding hydrogens is 338 g/mol. The molecule has 0 fully saturated rings. The van der Waals surface area contributed by atoms with Crippen LogP contribution in [0.5, 0.6) is 0 Å². The van der Waals surface area contributed by atoms with E-state index in [4.69, 9.17) is 5.73 Å². The monoisotopic (exact) mass is 363 g/mol. The Bertz CT molecular complexity index is 850. The average molecular weight is 363 g/mol. The van der Waals surface area contributed by atoms with E-state index in [0.717, 1.165) is 43.1 Å². The zero-order valence-corrected chi connectivity index (χ0v) is 15.5. The van der Waals surface area contributed by atoms with Gasteiger partial charge in [-0.15, -0.1) is 0 Å². The molecule has 140 valence electrons. The van der Waals surface area contributed by atoms with Crippen molar-refractivity contribution in [2.75, 3.05) is 19.3 Å². The van der Waals surface area contributed by atoms with Crippen molar-refractivity contribution in [2.24, 2.45) is 4.99 Å². The van der Waals surface area contributed by atoms with Crippen molar-refractivity contribution < 1.29 is 0 Å². The van der Waals surface area contributed by atoms with Gasteiger partial charge in [0.25, 0.3) is 0 Å². The first-order chi connectivity index (χ1) is 13.2. The van der Waals surface area contributed by atoms with E-state index in [1.807, 2.05) is 30.3 Å². The summed E-state index contributed by atoms with van der Waals surface area (Å²) in [6, 6.07) is 12.2. The molecule has 27 heavy (non-hydrogen) atoms. The number of nitriles is 1. The molecule has 0 amide bonds. The molecule has 0 saturated carbocycles. The van der Waals surface area contributed by atoms with Gasteiger partial charge in [0, 0.05) is 19.6 Å². The fourth-order valence-corrected chi connectivity index (χ4v) is 3.13. The van der Waals surface area contributed by atoms with Gasteiger partial charge < -0.3 is 16.4 Å². The van der Waals surface area contributed by atoms with Gasteiger partial charge in [-0.05, 0) is 37.8 Å². The number of nitrogens with two attached hydrogens (primary N) is 1. The summed E-state index contributed by atoms with van der Waals surface area (Å²) in [6.45, 7) is 0.739. The summed E-state index contributed by atoms with van der Waals surface area (Å²) in [5.74, 6) is 1.19. The van der Waals surface area contributed by atoms with Crippen molar-refractivity contribution >= 4 is 11.8 Å². The highest BCUT2D eigenvalue weighted by molar-refractivity contribution is 5.80. The summed E-state index contributed by atoms with van der Waals surface area (Å²) in [6.07, 6.45) is 7.92. The molecule has 1 aromatic heterocycles. The minimum Gasteiger partial charge on any atom is -0.382 e. The maximum absolute atomic E-state index is 9.47.